The zero-order valence-electron chi connectivity index (χ0n) is 5.00. The van der Waals surface area contributed by atoms with Gasteiger partial charge in [0.15, 0.2) is 0 Å². The number of cyclic esters (lactones) is 1. The van der Waals surface area contributed by atoms with Crippen molar-refractivity contribution in [3.05, 3.63) is 0 Å². The fraction of sp³-hybridized carbons (Fsp3) is 0.833. The minimum absolute atomic E-state index is 0.0602. The molecular formula is C6H8O3. The molecule has 0 N–H and O–H groups in total. The second kappa shape index (κ2) is 1.70. The van der Waals surface area contributed by atoms with Gasteiger partial charge in [-0.15, -0.1) is 0 Å². The Bertz CT molecular complexity index is 143. The fourth-order valence-corrected chi connectivity index (χ4v) is 1.35. The van der Waals surface area contributed by atoms with E-state index in [9.17, 15) is 4.79 Å². The fourth-order valence-electron chi connectivity index (χ4n) is 1.35. The van der Waals surface area contributed by atoms with Gasteiger partial charge < -0.3 is 9.47 Å². The van der Waals surface area contributed by atoms with Gasteiger partial charge in [-0.05, 0) is 6.42 Å². The number of carbonyl (C=O) groups is 1. The van der Waals surface area contributed by atoms with Gasteiger partial charge in [-0.1, -0.05) is 0 Å². The summed E-state index contributed by atoms with van der Waals surface area (Å²) in [5, 5.41) is 0. The molecule has 0 saturated carbocycles. The number of fused-ring (bicyclic) bond motifs is 1. The number of hydrogen-bond donors (Lipinski definition) is 0. The standard InChI is InChI=1S/C6H8O3/c7-6-4-1-2-8-5(4)3-9-6/h4-5H,1-3H2/t4-,5-/m0/s1. The number of hydrogen-bond acceptors (Lipinski definition) is 3. The zero-order chi connectivity index (χ0) is 6.27. The third-order valence-corrected chi connectivity index (χ3v) is 1.90. The molecule has 0 aliphatic carbocycles. The first-order valence-electron chi connectivity index (χ1n) is 3.16. The van der Waals surface area contributed by atoms with Crippen molar-refractivity contribution >= 4 is 5.97 Å². The quantitative estimate of drug-likeness (QED) is 0.429. The van der Waals surface area contributed by atoms with Crippen LogP contribution in [-0.4, -0.2) is 25.3 Å². The molecule has 2 atom stereocenters. The van der Waals surface area contributed by atoms with E-state index in [2.05, 4.69) is 0 Å². The van der Waals surface area contributed by atoms with Crippen LogP contribution in [0.5, 0.6) is 0 Å². The maximum atomic E-state index is 10.8. The van der Waals surface area contributed by atoms with Gasteiger partial charge in [-0.25, -0.2) is 0 Å². The van der Waals surface area contributed by atoms with E-state index in [-0.39, 0.29) is 18.0 Å². The highest BCUT2D eigenvalue weighted by Gasteiger charge is 2.41. The van der Waals surface area contributed by atoms with E-state index in [1.165, 1.54) is 0 Å². The van der Waals surface area contributed by atoms with Crippen LogP contribution in [0.1, 0.15) is 6.42 Å². The summed E-state index contributed by atoms with van der Waals surface area (Å²) in [6.07, 6.45) is 0.932. The smallest absolute Gasteiger partial charge is 0.311 e. The Hall–Kier alpha value is -0.570. The third kappa shape index (κ3) is 0.645. The third-order valence-electron chi connectivity index (χ3n) is 1.90. The van der Waals surface area contributed by atoms with E-state index in [4.69, 9.17) is 9.47 Å². The lowest BCUT2D eigenvalue weighted by Gasteiger charge is -1.98. The van der Waals surface area contributed by atoms with Crippen LogP contribution in [0.25, 0.3) is 0 Å². The molecule has 2 aliphatic rings. The molecule has 0 bridgehead atoms. The number of esters is 1. The molecule has 2 heterocycles. The van der Waals surface area contributed by atoms with Crippen molar-refractivity contribution < 1.29 is 14.3 Å². The maximum absolute atomic E-state index is 10.8. The van der Waals surface area contributed by atoms with E-state index >= 15 is 0 Å². The first kappa shape index (κ1) is 5.23. The maximum Gasteiger partial charge on any atom is 0.311 e. The van der Waals surface area contributed by atoms with Gasteiger partial charge in [0.05, 0.1) is 5.92 Å². The van der Waals surface area contributed by atoms with Crippen LogP contribution >= 0.6 is 0 Å². The molecular weight excluding hydrogens is 120 g/mol. The molecule has 0 aromatic rings. The summed E-state index contributed by atoms with van der Waals surface area (Å²) < 4.78 is 9.96. The highest BCUT2D eigenvalue weighted by atomic mass is 16.6. The molecule has 3 nitrogen and oxygen atoms in total. The summed E-state index contributed by atoms with van der Waals surface area (Å²) in [4.78, 5) is 10.8. The Morgan fingerprint density at radius 3 is 3.22 bits per heavy atom. The summed E-state index contributed by atoms with van der Waals surface area (Å²) in [5.74, 6) is -0.0116. The summed E-state index contributed by atoms with van der Waals surface area (Å²) in [7, 11) is 0. The van der Waals surface area contributed by atoms with Gasteiger partial charge >= 0.3 is 5.97 Å². The van der Waals surface area contributed by atoms with Crippen LogP contribution in [0.4, 0.5) is 0 Å². The molecule has 0 amide bonds. The molecule has 2 aliphatic heterocycles. The van der Waals surface area contributed by atoms with Crippen LogP contribution in [0.2, 0.25) is 0 Å². The van der Waals surface area contributed by atoms with Crippen molar-refractivity contribution in [2.24, 2.45) is 5.92 Å². The minimum Gasteiger partial charge on any atom is -0.463 e. The zero-order valence-corrected chi connectivity index (χ0v) is 5.00. The Morgan fingerprint density at radius 2 is 2.44 bits per heavy atom. The summed E-state index contributed by atoms with van der Waals surface area (Å²) in [6, 6.07) is 0. The molecule has 3 heteroatoms. The van der Waals surface area contributed by atoms with Gasteiger partial charge in [0.1, 0.15) is 12.7 Å². The van der Waals surface area contributed by atoms with Crippen LogP contribution in [0.3, 0.4) is 0 Å². The van der Waals surface area contributed by atoms with E-state index in [0.29, 0.717) is 6.61 Å². The molecule has 2 rings (SSSR count). The van der Waals surface area contributed by atoms with Crippen molar-refractivity contribution in [3.8, 4) is 0 Å². The molecule has 0 radical (unpaired) electrons. The van der Waals surface area contributed by atoms with Gasteiger partial charge in [0.25, 0.3) is 0 Å². The average molecular weight is 128 g/mol. The topological polar surface area (TPSA) is 35.5 Å². The first-order chi connectivity index (χ1) is 4.38. The number of ether oxygens (including phenoxy) is 2. The Kier molecular flexibility index (Phi) is 0.990. The summed E-state index contributed by atoms with van der Waals surface area (Å²) in [6.45, 7) is 1.20. The van der Waals surface area contributed by atoms with Gasteiger partial charge in [-0.3, -0.25) is 4.79 Å². The molecule has 0 aromatic carbocycles. The second-order valence-electron chi connectivity index (χ2n) is 2.43. The van der Waals surface area contributed by atoms with Crippen LogP contribution in [0.15, 0.2) is 0 Å². The predicted molar refractivity (Wildman–Crippen MR) is 28.8 cm³/mol. The average Bonchev–Trinajstić information content (AvgIpc) is 2.35. The molecule has 9 heavy (non-hydrogen) atoms. The number of rotatable bonds is 0. The van der Waals surface area contributed by atoms with Crippen molar-refractivity contribution in [3.63, 3.8) is 0 Å². The SMILES string of the molecule is O=C1OC[C@@H]2OCC[C@H]12. The van der Waals surface area contributed by atoms with E-state index in [1.54, 1.807) is 0 Å². The van der Waals surface area contributed by atoms with Crippen LogP contribution < -0.4 is 0 Å². The van der Waals surface area contributed by atoms with Gasteiger partial charge in [-0.2, -0.15) is 0 Å². The highest BCUT2D eigenvalue weighted by Crippen LogP contribution is 2.27. The molecule has 0 spiro atoms. The number of carbonyl (C=O) groups excluding carboxylic acids is 1. The van der Waals surface area contributed by atoms with Crippen molar-refractivity contribution in [1.82, 2.24) is 0 Å². The lowest BCUT2D eigenvalue weighted by atomic mass is 10.1. The molecule has 0 unspecified atom stereocenters. The largest absolute Gasteiger partial charge is 0.463 e. The first-order valence-corrected chi connectivity index (χ1v) is 3.16. The lowest BCUT2D eigenvalue weighted by molar-refractivity contribution is -0.141. The molecule has 50 valence electrons. The Balaban J connectivity index is 2.15. The minimum atomic E-state index is -0.0718. The van der Waals surface area contributed by atoms with Crippen molar-refractivity contribution in [2.45, 2.75) is 12.5 Å². The van der Waals surface area contributed by atoms with E-state index in [1.807, 2.05) is 0 Å². The molecule has 2 fully saturated rings. The van der Waals surface area contributed by atoms with Crippen LogP contribution in [0, 0.1) is 5.92 Å². The highest BCUT2D eigenvalue weighted by molar-refractivity contribution is 5.75. The second-order valence-corrected chi connectivity index (χ2v) is 2.43. The summed E-state index contributed by atoms with van der Waals surface area (Å²) in [5.41, 5.74) is 0. The normalized spacial score (nSPS) is 40.7. The summed E-state index contributed by atoms with van der Waals surface area (Å²) >= 11 is 0. The monoisotopic (exact) mass is 128 g/mol. The predicted octanol–water partition coefficient (Wildman–Crippen LogP) is -0.0517. The van der Waals surface area contributed by atoms with Gasteiger partial charge in [0, 0.05) is 6.61 Å². The van der Waals surface area contributed by atoms with E-state index < -0.39 is 0 Å². The van der Waals surface area contributed by atoms with Crippen LogP contribution in [-0.2, 0) is 14.3 Å². The van der Waals surface area contributed by atoms with Crippen molar-refractivity contribution in [2.75, 3.05) is 13.2 Å². The Labute approximate surface area is 52.9 Å². The molecule has 2 saturated heterocycles. The lowest BCUT2D eigenvalue weighted by Crippen LogP contribution is -2.14. The van der Waals surface area contributed by atoms with Gasteiger partial charge in [0.2, 0.25) is 0 Å². The molecule has 0 aromatic heterocycles. The van der Waals surface area contributed by atoms with Crippen molar-refractivity contribution in [1.29, 1.82) is 0 Å². The Morgan fingerprint density at radius 1 is 1.56 bits per heavy atom. The van der Waals surface area contributed by atoms with E-state index in [0.717, 1.165) is 13.0 Å².